The number of carbonyl (C=O) groups excluding carboxylic acids is 1. The number of carbonyl (C=O) groups is 1. The number of aliphatic hydroxyl groups excluding tert-OH is 1. The Hall–Kier alpha value is -2.67. The van der Waals surface area contributed by atoms with Crippen LogP contribution in [-0.4, -0.2) is 41.3 Å². The van der Waals surface area contributed by atoms with Gasteiger partial charge in [0.2, 0.25) is 0 Å². The molecule has 0 unspecified atom stereocenters. The van der Waals surface area contributed by atoms with Crippen LogP contribution in [0.2, 0.25) is 0 Å². The van der Waals surface area contributed by atoms with Crippen LogP contribution in [0.15, 0.2) is 42.6 Å². The minimum absolute atomic E-state index is 0.302. The highest BCUT2D eigenvalue weighted by molar-refractivity contribution is 5.97. The summed E-state index contributed by atoms with van der Waals surface area (Å²) in [5.41, 5.74) is 5.89. The number of primary amides is 1. The summed E-state index contributed by atoms with van der Waals surface area (Å²) in [6.45, 7) is 1.46. The number of fused-ring (bicyclic) bond motifs is 1. The predicted octanol–water partition coefficient (Wildman–Crippen LogP) is 1.97. The second kappa shape index (κ2) is 7.15. The number of nitrogens with two attached hydrogens (primary N) is 1. The molecule has 1 aliphatic heterocycles. The Morgan fingerprint density at radius 3 is 2.59 bits per heavy atom. The lowest BCUT2D eigenvalue weighted by atomic mass is 9.78. The first kappa shape index (κ1) is 17.7. The molecule has 3 N–H and O–H groups in total. The number of pyridine rings is 1. The summed E-state index contributed by atoms with van der Waals surface area (Å²) in [7, 11) is 0. The van der Waals surface area contributed by atoms with E-state index in [2.05, 4.69) is 9.88 Å². The molecule has 1 aromatic carbocycles. The number of ether oxygens (including phenoxy) is 1. The van der Waals surface area contributed by atoms with Gasteiger partial charge in [0.05, 0.1) is 11.7 Å². The van der Waals surface area contributed by atoms with Crippen LogP contribution in [0, 0.1) is 17.7 Å². The number of anilines is 1. The van der Waals surface area contributed by atoms with Gasteiger partial charge in [-0.1, -0.05) is 0 Å². The van der Waals surface area contributed by atoms with Crippen LogP contribution in [0.1, 0.15) is 23.2 Å². The number of hydrogen-bond donors (Lipinski definition) is 2. The Morgan fingerprint density at radius 2 is 1.89 bits per heavy atom. The zero-order valence-corrected chi connectivity index (χ0v) is 14.8. The molecule has 2 aliphatic rings. The Labute approximate surface area is 156 Å². The maximum atomic E-state index is 13.1. The van der Waals surface area contributed by atoms with E-state index in [9.17, 15) is 14.3 Å². The van der Waals surface area contributed by atoms with Crippen molar-refractivity contribution in [1.82, 2.24) is 4.98 Å². The summed E-state index contributed by atoms with van der Waals surface area (Å²) in [6.07, 6.45) is 2.04. The fourth-order valence-corrected chi connectivity index (χ4v) is 4.22. The zero-order chi connectivity index (χ0) is 19.0. The van der Waals surface area contributed by atoms with E-state index >= 15 is 0 Å². The molecular formula is C20H22FN3O3. The van der Waals surface area contributed by atoms with Crippen molar-refractivity contribution in [3.8, 4) is 5.75 Å². The highest BCUT2D eigenvalue weighted by atomic mass is 19.1. The van der Waals surface area contributed by atoms with Gasteiger partial charge >= 0.3 is 0 Å². The van der Waals surface area contributed by atoms with Gasteiger partial charge in [0.1, 0.15) is 23.5 Å². The molecule has 4 rings (SSSR count). The van der Waals surface area contributed by atoms with E-state index in [4.69, 9.17) is 10.5 Å². The van der Waals surface area contributed by atoms with Crippen molar-refractivity contribution < 1.29 is 19.0 Å². The summed E-state index contributed by atoms with van der Waals surface area (Å²) in [4.78, 5) is 18.1. The molecule has 2 fully saturated rings. The molecule has 4 atom stereocenters. The summed E-state index contributed by atoms with van der Waals surface area (Å²) in [5, 5.41) is 10.5. The minimum Gasteiger partial charge on any atom is -0.488 e. The van der Waals surface area contributed by atoms with Gasteiger partial charge in [-0.3, -0.25) is 4.79 Å². The molecule has 0 spiro atoms. The van der Waals surface area contributed by atoms with Gasteiger partial charge in [-0.15, -0.1) is 0 Å². The van der Waals surface area contributed by atoms with Crippen molar-refractivity contribution in [3.05, 3.63) is 54.0 Å². The third kappa shape index (κ3) is 3.60. The van der Waals surface area contributed by atoms with Crippen LogP contribution < -0.4 is 15.4 Å². The van der Waals surface area contributed by atoms with E-state index in [1.54, 1.807) is 30.5 Å². The lowest BCUT2D eigenvalue weighted by Gasteiger charge is -2.35. The van der Waals surface area contributed by atoms with Crippen LogP contribution in [0.3, 0.4) is 0 Å². The SMILES string of the molecule is NC(=O)c1cccnc1N1C[C@H]2C[C@@H](Oc3ccc(F)cc3)[C@H](O)C[C@H]2C1. The average molecular weight is 371 g/mol. The van der Waals surface area contributed by atoms with Gasteiger partial charge in [-0.25, -0.2) is 9.37 Å². The molecule has 1 amide bonds. The van der Waals surface area contributed by atoms with Crippen LogP contribution in [-0.2, 0) is 0 Å². The summed E-state index contributed by atoms with van der Waals surface area (Å²) < 4.78 is 19.0. The molecule has 27 heavy (non-hydrogen) atoms. The topological polar surface area (TPSA) is 88.7 Å². The minimum atomic E-state index is -0.587. The first-order valence-corrected chi connectivity index (χ1v) is 9.11. The second-order valence-corrected chi connectivity index (χ2v) is 7.31. The largest absolute Gasteiger partial charge is 0.488 e. The normalized spacial score (nSPS) is 27.3. The van der Waals surface area contributed by atoms with E-state index in [1.807, 2.05) is 0 Å². The molecule has 1 saturated carbocycles. The lowest BCUT2D eigenvalue weighted by molar-refractivity contribution is -0.0231. The molecule has 2 heterocycles. The summed E-state index contributed by atoms with van der Waals surface area (Å²) in [5.74, 6) is 0.959. The van der Waals surface area contributed by atoms with Crippen molar-refractivity contribution in [2.45, 2.75) is 25.0 Å². The maximum Gasteiger partial charge on any atom is 0.252 e. The number of amides is 1. The molecule has 2 aromatic rings. The smallest absolute Gasteiger partial charge is 0.252 e. The van der Waals surface area contributed by atoms with Crippen molar-refractivity contribution in [2.75, 3.05) is 18.0 Å². The molecule has 0 bridgehead atoms. The Bertz CT molecular complexity index is 829. The predicted molar refractivity (Wildman–Crippen MR) is 98.0 cm³/mol. The van der Waals surface area contributed by atoms with Crippen LogP contribution in [0.25, 0.3) is 0 Å². The number of nitrogens with zero attached hydrogens (tertiary/aromatic N) is 2. The fourth-order valence-electron chi connectivity index (χ4n) is 4.22. The van der Waals surface area contributed by atoms with E-state index < -0.39 is 12.0 Å². The van der Waals surface area contributed by atoms with Crippen molar-refractivity contribution in [1.29, 1.82) is 0 Å². The Kier molecular flexibility index (Phi) is 4.70. The molecule has 1 aromatic heterocycles. The maximum absolute atomic E-state index is 13.1. The average Bonchev–Trinajstić information content (AvgIpc) is 3.06. The summed E-state index contributed by atoms with van der Waals surface area (Å²) in [6, 6.07) is 9.21. The molecule has 0 radical (unpaired) electrons. The van der Waals surface area contributed by atoms with Gasteiger partial charge in [0.15, 0.2) is 0 Å². The van der Waals surface area contributed by atoms with Gasteiger partial charge < -0.3 is 20.5 Å². The quantitative estimate of drug-likeness (QED) is 0.858. The molecule has 142 valence electrons. The Morgan fingerprint density at radius 1 is 1.19 bits per heavy atom. The lowest BCUT2D eigenvalue weighted by Crippen LogP contribution is -2.42. The summed E-state index contributed by atoms with van der Waals surface area (Å²) >= 11 is 0. The van der Waals surface area contributed by atoms with E-state index in [0.29, 0.717) is 41.8 Å². The van der Waals surface area contributed by atoms with Gasteiger partial charge in [-0.2, -0.15) is 0 Å². The van der Waals surface area contributed by atoms with Crippen molar-refractivity contribution in [2.24, 2.45) is 17.6 Å². The molecular weight excluding hydrogens is 349 g/mol. The van der Waals surface area contributed by atoms with Crippen LogP contribution in [0.4, 0.5) is 10.2 Å². The van der Waals surface area contributed by atoms with E-state index in [1.165, 1.54) is 12.1 Å². The number of halogens is 1. The number of aliphatic hydroxyl groups is 1. The first-order valence-electron chi connectivity index (χ1n) is 9.11. The number of hydrogen-bond acceptors (Lipinski definition) is 5. The molecule has 7 heteroatoms. The van der Waals surface area contributed by atoms with Crippen molar-refractivity contribution in [3.63, 3.8) is 0 Å². The van der Waals surface area contributed by atoms with Gasteiger partial charge in [0, 0.05) is 19.3 Å². The Balaban J connectivity index is 1.47. The monoisotopic (exact) mass is 371 g/mol. The number of benzene rings is 1. The van der Waals surface area contributed by atoms with Crippen molar-refractivity contribution >= 4 is 11.7 Å². The highest BCUT2D eigenvalue weighted by Crippen LogP contribution is 2.39. The van der Waals surface area contributed by atoms with E-state index in [0.717, 1.165) is 13.1 Å². The third-order valence-corrected chi connectivity index (χ3v) is 5.54. The zero-order valence-electron chi connectivity index (χ0n) is 14.8. The highest BCUT2D eigenvalue weighted by Gasteiger charge is 2.43. The number of aromatic nitrogens is 1. The second-order valence-electron chi connectivity index (χ2n) is 7.31. The van der Waals surface area contributed by atoms with Gasteiger partial charge in [-0.05, 0) is 61.1 Å². The third-order valence-electron chi connectivity index (χ3n) is 5.54. The van der Waals surface area contributed by atoms with Gasteiger partial charge in [0.25, 0.3) is 5.91 Å². The molecule has 6 nitrogen and oxygen atoms in total. The first-order chi connectivity index (χ1) is 13.0. The van der Waals surface area contributed by atoms with Crippen LogP contribution in [0.5, 0.6) is 5.75 Å². The van der Waals surface area contributed by atoms with Crippen LogP contribution >= 0.6 is 0 Å². The fraction of sp³-hybridized carbons (Fsp3) is 0.400. The standard InChI is InChI=1S/C20H22FN3O3/c21-14-3-5-15(6-4-14)27-18-9-13-11-24(10-12(13)8-17(18)25)20-16(19(22)26)2-1-7-23-20/h1-7,12-13,17-18,25H,8-11H2,(H2,22,26)/t12-,13+,17+,18+/m0/s1. The number of rotatable bonds is 4. The van der Waals surface area contributed by atoms with E-state index in [-0.39, 0.29) is 11.9 Å². The molecule has 1 saturated heterocycles. The molecule has 1 aliphatic carbocycles.